The molecule has 1 aromatic carbocycles. The summed E-state index contributed by atoms with van der Waals surface area (Å²) in [5.74, 6) is 1.59. The maximum absolute atomic E-state index is 12.9. The highest BCUT2D eigenvalue weighted by molar-refractivity contribution is 7.99. The Balaban J connectivity index is 2.33. The van der Waals surface area contributed by atoms with Crippen LogP contribution in [0.4, 0.5) is 15.8 Å². The highest BCUT2D eigenvalue weighted by Crippen LogP contribution is 2.15. The van der Waals surface area contributed by atoms with Gasteiger partial charge >= 0.3 is 0 Å². The number of nitrogens with one attached hydrogen (secondary N) is 1. The second-order valence-electron chi connectivity index (χ2n) is 3.06. The van der Waals surface area contributed by atoms with Gasteiger partial charge in [-0.15, -0.1) is 6.58 Å². The molecule has 4 heteroatoms. The van der Waals surface area contributed by atoms with E-state index in [1.807, 2.05) is 6.08 Å². The lowest BCUT2D eigenvalue weighted by molar-refractivity contribution is 0.629. The van der Waals surface area contributed by atoms with Crippen LogP contribution in [0.5, 0.6) is 0 Å². The largest absolute Gasteiger partial charge is 0.399 e. The topological polar surface area (TPSA) is 38.0 Å². The van der Waals surface area contributed by atoms with Gasteiger partial charge in [-0.3, -0.25) is 0 Å². The van der Waals surface area contributed by atoms with E-state index >= 15 is 0 Å². The summed E-state index contributed by atoms with van der Waals surface area (Å²) in [5.41, 5.74) is 6.68. The zero-order valence-corrected chi connectivity index (χ0v) is 9.32. The van der Waals surface area contributed by atoms with Crippen LogP contribution in [0, 0.1) is 5.82 Å². The SMILES string of the molecule is C=CCSCCNc1cc(N)cc(F)c1. The zero-order valence-electron chi connectivity index (χ0n) is 8.50. The first-order valence-electron chi connectivity index (χ1n) is 4.71. The third-order valence-electron chi connectivity index (χ3n) is 1.73. The van der Waals surface area contributed by atoms with Crippen LogP contribution in [0.1, 0.15) is 0 Å². The molecule has 0 aliphatic heterocycles. The van der Waals surface area contributed by atoms with Crippen molar-refractivity contribution < 1.29 is 4.39 Å². The van der Waals surface area contributed by atoms with Gasteiger partial charge < -0.3 is 11.1 Å². The number of nitrogen functional groups attached to an aromatic ring is 1. The molecule has 82 valence electrons. The van der Waals surface area contributed by atoms with Crippen molar-refractivity contribution in [2.24, 2.45) is 0 Å². The van der Waals surface area contributed by atoms with Gasteiger partial charge in [-0.05, 0) is 18.2 Å². The Labute approximate surface area is 93.7 Å². The summed E-state index contributed by atoms with van der Waals surface area (Å²) in [6.07, 6.45) is 1.87. The average molecular weight is 226 g/mol. The molecule has 0 bridgehead atoms. The fourth-order valence-electron chi connectivity index (χ4n) is 1.15. The first kappa shape index (κ1) is 11.9. The Morgan fingerprint density at radius 3 is 2.93 bits per heavy atom. The quantitative estimate of drug-likeness (QED) is 0.445. The summed E-state index contributed by atoms with van der Waals surface area (Å²) in [5, 5.41) is 3.11. The van der Waals surface area contributed by atoms with Crippen molar-refractivity contribution >= 4 is 23.1 Å². The standard InChI is InChI=1S/C11H15FN2S/c1-2-4-15-5-3-14-11-7-9(12)6-10(13)8-11/h2,6-8,14H,1,3-5,13H2. The van der Waals surface area contributed by atoms with E-state index < -0.39 is 0 Å². The van der Waals surface area contributed by atoms with Crippen molar-refractivity contribution in [1.82, 2.24) is 0 Å². The molecule has 0 aliphatic carbocycles. The predicted molar refractivity (Wildman–Crippen MR) is 66.8 cm³/mol. The van der Waals surface area contributed by atoms with Gasteiger partial charge in [0.15, 0.2) is 0 Å². The minimum atomic E-state index is -0.309. The highest BCUT2D eigenvalue weighted by Gasteiger charge is 1.97. The molecule has 0 aromatic heterocycles. The van der Waals surface area contributed by atoms with Gasteiger partial charge in [0.25, 0.3) is 0 Å². The van der Waals surface area contributed by atoms with Crippen molar-refractivity contribution in [3.05, 3.63) is 36.7 Å². The molecular weight excluding hydrogens is 211 g/mol. The fourth-order valence-corrected chi connectivity index (χ4v) is 1.73. The Kier molecular flexibility index (Phi) is 5.04. The van der Waals surface area contributed by atoms with Crippen LogP contribution in [-0.4, -0.2) is 18.1 Å². The summed E-state index contributed by atoms with van der Waals surface area (Å²) in [6, 6.07) is 4.47. The third-order valence-corrected chi connectivity index (χ3v) is 2.70. The molecular formula is C11H15FN2S. The van der Waals surface area contributed by atoms with Crippen LogP contribution in [0.15, 0.2) is 30.9 Å². The van der Waals surface area contributed by atoms with Crippen molar-refractivity contribution in [1.29, 1.82) is 0 Å². The number of benzene rings is 1. The number of rotatable bonds is 6. The monoisotopic (exact) mass is 226 g/mol. The number of halogens is 1. The van der Waals surface area contributed by atoms with E-state index in [4.69, 9.17) is 5.73 Å². The van der Waals surface area contributed by atoms with Crippen molar-refractivity contribution in [3.63, 3.8) is 0 Å². The lowest BCUT2D eigenvalue weighted by Gasteiger charge is -2.06. The van der Waals surface area contributed by atoms with Crippen LogP contribution >= 0.6 is 11.8 Å². The van der Waals surface area contributed by atoms with Crippen molar-refractivity contribution in [3.8, 4) is 0 Å². The smallest absolute Gasteiger partial charge is 0.127 e. The molecule has 0 atom stereocenters. The summed E-state index contributed by atoms with van der Waals surface area (Å²) in [6.45, 7) is 4.43. The molecule has 1 aromatic rings. The second-order valence-corrected chi connectivity index (χ2v) is 4.21. The Morgan fingerprint density at radius 2 is 2.27 bits per heavy atom. The molecule has 0 spiro atoms. The maximum Gasteiger partial charge on any atom is 0.127 e. The van der Waals surface area contributed by atoms with Gasteiger partial charge in [0.2, 0.25) is 0 Å². The van der Waals surface area contributed by atoms with Gasteiger partial charge in [0, 0.05) is 29.4 Å². The molecule has 0 radical (unpaired) electrons. The normalized spacial score (nSPS) is 9.93. The van der Waals surface area contributed by atoms with Crippen molar-refractivity contribution in [2.75, 3.05) is 29.1 Å². The van der Waals surface area contributed by atoms with Gasteiger partial charge in [-0.25, -0.2) is 4.39 Å². The molecule has 0 amide bonds. The molecule has 2 nitrogen and oxygen atoms in total. The van der Waals surface area contributed by atoms with Crippen LogP contribution in [0.3, 0.4) is 0 Å². The molecule has 15 heavy (non-hydrogen) atoms. The lowest BCUT2D eigenvalue weighted by atomic mass is 10.2. The van der Waals surface area contributed by atoms with E-state index in [1.165, 1.54) is 12.1 Å². The fraction of sp³-hybridized carbons (Fsp3) is 0.273. The second kappa shape index (κ2) is 6.35. The van der Waals surface area contributed by atoms with E-state index in [0.717, 1.165) is 23.7 Å². The van der Waals surface area contributed by atoms with E-state index in [2.05, 4.69) is 11.9 Å². The first-order chi connectivity index (χ1) is 7.22. The Hall–Kier alpha value is -1.16. The minimum Gasteiger partial charge on any atom is -0.399 e. The molecule has 0 unspecified atom stereocenters. The lowest BCUT2D eigenvalue weighted by Crippen LogP contribution is -2.05. The molecule has 0 saturated carbocycles. The van der Waals surface area contributed by atoms with Crippen LogP contribution in [0.2, 0.25) is 0 Å². The van der Waals surface area contributed by atoms with E-state index in [1.54, 1.807) is 17.8 Å². The maximum atomic E-state index is 12.9. The highest BCUT2D eigenvalue weighted by atomic mass is 32.2. The van der Waals surface area contributed by atoms with Crippen LogP contribution in [0.25, 0.3) is 0 Å². The van der Waals surface area contributed by atoms with Gasteiger partial charge in [-0.2, -0.15) is 11.8 Å². The first-order valence-corrected chi connectivity index (χ1v) is 5.86. The van der Waals surface area contributed by atoms with Gasteiger partial charge in [0.1, 0.15) is 5.82 Å². The van der Waals surface area contributed by atoms with E-state index in [9.17, 15) is 4.39 Å². The third kappa shape index (κ3) is 4.74. The molecule has 0 heterocycles. The number of anilines is 2. The van der Waals surface area contributed by atoms with Gasteiger partial charge in [0.05, 0.1) is 0 Å². The number of thioether (sulfide) groups is 1. The molecule has 0 saturated heterocycles. The number of hydrogen-bond donors (Lipinski definition) is 2. The summed E-state index contributed by atoms with van der Waals surface area (Å²) in [7, 11) is 0. The van der Waals surface area contributed by atoms with Crippen molar-refractivity contribution in [2.45, 2.75) is 0 Å². The summed E-state index contributed by atoms with van der Waals surface area (Å²) >= 11 is 1.78. The van der Waals surface area contributed by atoms with E-state index in [-0.39, 0.29) is 5.82 Å². The number of nitrogens with two attached hydrogens (primary N) is 1. The number of hydrogen-bond acceptors (Lipinski definition) is 3. The van der Waals surface area contributed by atoms with Gasteiger partial charge in [-0.1, -0.05) is 6.08 Å². The minimum absolute atomic E-state index is 0.309. The summed E-state index contributed by atoms with van der Waals surface area (Å²) in [4.78, 5) is 0. The van der Waals surface area contributed by atoms with E-state index in [0.29, 0.717) is 5.69 Å². The van der Waals surface area contributed by atoms with Crippen LogP contribution < -0.4 is 11.1 Å². The Bertz CT molecular complexity index is 308. The summed E-state index contributed by atoms with van der Waals surface area (Å²) < 4.78 is 12.9. The zero-order chi connectivity index (χ0) is 11.1. The molecule has 1 rings (SSSR count). The molecule has 0 fully saturated rings. The predicted octanol–water partition coefficient (Wildman–Crippen LogP) is 2.74. The average Bonchev–Trinajstić information content (AvgIpc) is 2.16. The van der Waals surface area contributed by atoms with Crippen LogP contribution in [-0.2, 0) is 0 Å². The Morgan fingerprint density at radius 1 is 1.47 bits per heavy atom. The molecule has 0 aliphatic rings. The molecule has 3 N–H and O–H groups in total.